The molecule has 104 valence electrons. The Morgan fingerprint density at radius 2 is 2.16 bits per heavy atom. The minimum Gasteiger partial charge on any atom is -0.396 e. The average molecular weight is 261 g/mol. The Morgan fingerprint density at radius 3 is 2.89 bits per heavy atom. The standard InChI is InChI=1S/C15H23N3O/c1-12-13(10-16-11-15(2,3)7-9-19)18-8-5-4-6-14(18)17-12/h4-6,8,16,19H,7,9-11H2,1-3H3. The number of nitrogens with one attached hydrogen (secondary N) is 1. The van der Waals surface area contributed by atoms with E-state index in [-0.39, 0.29) is 12.0 Å². The Bertz CT molecular complexity index is 545. The van der Waals surface area contributed by atoms with Gasteiger partial charge in [-0.05, 0) is 30.9 Å². The minimum absolute atomic E-state index is 0.114. The molecule has 4 nitrogen and oxygen atoms in total. The van der Waals surface area contributed by atoms with Crippen molar-refractivity contribution < 1.29 is 5.11 Å². The third-order valence-electron chi connectivity index (χ3n) is 3.51. The van der Waals surface area contributed by atoms with Crippen molar-refractivity contribution in [1.82, 2.24) is 14.7 Å². The zero-order valence-corrected chi connectivity index (χ0v) is 12.0. The molecule has 0 aliphatic carbocycles. The molecule has 0 saturated heterocycles. The Balaban J connectivity index is 2.04. The van der Waals surface area contributed by atoms with Crippen molar-refractivity contribution in [3.63, 3.8) is 0 Å². The zero-order valence-electron chi connectivity index (χ0n) is 12.0. The molecular formula is C15H23N3O. The highest BCUT2D eigenvalue weighted by atomic mass is 16.3. The Kier molecular flexibility index (Phi) is 4.22. The minimum atomic E-state index is 0.114. The number of aromatic nitrogens is 2. The van der Waals surface area contributed by atoms with E-state index in [1.807, 2.05) is 31.3 Å². The lowest BCUT2D eigenvalue weighted by molar-refractivity contribution is 0.207. The van der Waals surface area contributed by atoms with Crippen LogP contribution in [0.3, 0.4) is 0 Å². The molecule has 0 fully saturated rings. The Labute approximate surface area is 114 Å². The maximum absolute atomic E-state index is 9.03. The SMILES string of the molecule is Cc1nc2ccccn2c1CNCC(C)(C)CCO. The first kappa shape index (κ1) is 14.0. The molecule has 0 saturated carbocycles. The summed E-state index contributed by atoms with van der Waals surface area (Å²) in [5, 5.41) is 12.5. The van der Waals surface area contributed by atoms with Crippen molar-refractivity contribution in [1.29, 1.82) is 0 Å². The van der Waals surface area contributed by atoms with Crippen molar-refractivity contribution in [2.24, 2.45) is 5.41 Å². The molecule has 0 aliphatic heterocycles. The molecule has 2 rings (SSSR count). The van der Waals surface area contributed by atoms with Crippen LogP contribution in [0.2, 0.25) is 0 Å². The number of imidazole rings is 1. The van der Waals surface area contributed by atoms with Crippen LogP contribution >= 0.6 is 0 Å². The molecule has 4 heteroatoms. The van der Waals surface area contributed by atoms with Crippen LogP contribution in [-0.2, 0) is 6.54 Å². The van der Waals surface area contributed by atoms with Crippen molar-refractivity contribution in [3.05, 3.63) is 35.8 Å². The van der Waals surface area contributed by atoms with E-state index >= 15 is 0 Å². The average Bonchev–Trinajstić information content (AvgIpc) is 2.66. The number of hydrogen-bond acceptors (Lipinski definition) is 3. The van der Waals surface area contributed by atoms with E-state index in [4.69, 9.17) is 5.11 Å². The summed E-state index contributed by atoms with van der Waals surface area (Å²) in [4.78, 5) is 4.55. The van der Waals surface area contributed by atoms with Gasteiger partial charge in [0.15, 0.2) is 0 Å². The van der Waals surface area contributed by atoms with Gasteiger partial charge in [-0.3, -0.25) is 0 Å². The third kappa shape index (κ3) is 3.33. The van der Waals surface area contributed by atoms with Crippen LogP contribution in [0.15, 0.2) is 24.4 Å². The van der Waals surface area contributed by atoms with Gasteiger partial charge in [0.25, 0.3) is 0 Å². The predicted molar refractivity (Wildman–Crippen MR) is 77.1 cm³/mol. The van der Waals surface area contributed by atoms with Gasteiger partial charge in [0.05, 0.1) is 11.4 Å². The molecule has 19 heavy (non-hydrogen) atoms. The lowest BCUT2D eigenvalue weighted by Gasteiger charge is -2.24. The topological polar surface area (TPSA) is 49.6 Å². The fourth-order valence-corrected chi connectivity index (χ4v) is 2.29. The van der Waals surface area contributed by atoms with Gasteiger partial charge in [-0.25, -0.2) is 4.98 Å². The highest BCUT2D eigenvalue weighted by Crippen LogP contribution is 2.18. The summed E-state index contributed by atoms with van der Waals surface area (Å²) in [6, 6.07) is 6.04. The van der Waals surface area contributed by atoms with Crippen LogP contribution in [0, 0.1) is 12.3 Å². The third-order valence-corrected chi connectivity index (χ3v) is 3.51. The van der Waals surface area contributed by atoms with E-state index in [2.05, 4.69) is 28.5 Å². The van der Waals surface area contributed by atoms with E-state index < -0.39 is 0 Å². The fourth-order valence-electron chi connectivity index (χ4n) is 2.29. The Hall–Kier alpha value is -1.39. The van der Waals surface area contributed by atoms with Crippen molar-refractivity contribution in [2.45, 2.75) is 33.7 Å². The van der Waals surface area contributed by atoms with E-state index in [0.29, 0.717) is 0 Å². The number of hydrogen-bond donors (Lipinski definition) is 2. The molecule has 0 unspecified atom stereocenters. The quantitative estimate of drug-likeness (QED) is 0.837. The Morgan fingerprint density at radius 1 is 1.37 bits per heavy atom. The first-order chi connectivity index (χ1) is 9.03. The van der Waals surface area contributed by atoms with Crippen molar-refractivity contribution in [3.8, 4) is 0 Å². The number of aliphatic hydroxyl groups is 1. The van der Waals surface area contributed by atoms with Gasteiger partial charge >= 0.3 is 0 Å². The monoisotopic (exact) mass is 261 g/mol. The predicted octanol–water partition coefficient (Wildman–Crippen LogP) is 2.14. The van der Waals surface area contributed by atoms with Crippen LogP contribution in [0.4, 0.5) is 0 Å². The smallest absolute Gasteiger partial charge is 0.137 e. The lowest BCUT2D eigenvalue weighted by Crippen LogP contribution is -2.30. The van der Waals surface area contributed by atoms with Crippen molar-refractivity contribution in [2.75, 3.05) is 13.2 Å². The maximum Gasteiger partial charge on any atom is 0.137 e. The summed E-state index contributed by atoms with van der Waals surface area (Å²) in [5.41, 5.74) is 3.38. The summed E-state index contributed by atoms with van der Waals surface area (Å²) in [5.74, 6) is 0. The molecule has 0 aromatic carbocycles. The number of nitrogens with zero attached hydrogens (tertiary/aromatic N) is 2. The molecule has 0 spiro atoms. The summed E-state index contributed by atoms with van der Waals surface area (Å²) in [7, 11) is 0. The number of aliphatic hydroxyl groups excluding tert-OH is 1. The van der Waals surface area contributed by atoms with E-state index in [1.54, 1.807) is 0 Å². The van der Waals surface area contributed by atoms with Crippen LogP contribution in [-0.4, -0.2) is 27.6 Å². The number of pyridine rings is 1. The van der Waals surface area contributed by atoms with Gasteiger partial charge in [-0.15, -0.1) is 0 Å². The lowest BCUT2D eigenvalue weighted by atomic mass is 9.90. The molecule has 2 aromatic heterocycles. The molecule has 0 atom stereocenters. The molecule has 0 bridgehead atoms. The zero-order chi connectivity index (χ0) is 13.9. The molecular weight excluding hydrogens is 238 g/mol. The number of rotatable bonds is 6. The van der Waals surface area contributed by atoms with E-state index in [0.717, 1.165) is 30.9 Å². The summed E-state index contributed by atoms with van der Waals surface area (Å²) < 4.78 is 2.13. The number of fused-ring (bicyclic) bond motifs is 1. The van der Waals surface area contributed by atoms with Crippen LogP contribution in [0.25, 0.3) is 5.65 Å². The molecule has 2 N–H and O–H groups in total. The molecule has 2 aromatic rings. The normalized spacial score (nSPS) is 12.2. The molecule has 0 radical (unpaired) electrons. The van der Waals surface area contributed by atoms with Gasteiger partial charge in [0.1, 0.15) is 5.65 Å². The van der Waals surface area contributed by atoms with E-state index in [9.17, 15) is 0 Å². The largest absolute Gasteiger partial charge is 0.396 e. The highest BCUT2D eigenvalue weighted by Gasteiger charge is 2.17. The molecule has 0 aliphatic rings. The fraction of sp³-hybridized carbons (Fsp3) is 0.533. The number of aryl methyl sites for hydroxylation is 1. The first-order valence-electron chi connectivity index (χ1n) is 6.78. The van der Waals surface area contributed by atoms with Gasteiger partial charge < -0.3 is 14.8 Å². The first-order valence-corrected chi connectivity index (χ1v) is 6.78. The van der Waals surface area contributed by atoms with Crippen LogP contribution in [0.5, 0.6) is 0 Å². The summed E-state index contributed by atoms with van der Waals surface area (Å²) in [6.45, 7) is 8.29. The summed E-state index contributed by atoms with van der Waals surface area (Å²) >= 11 is 0. The van der Waals surface area contributed by atoms with Gasteiger partial charge in [0.2, 0.25) is 0 Å². The van der Waals surface area contributed by atoms with Crippen molar-refractivity contribution >= 4 is 5.65 Å². The molecule has 0 amide bonds. The second-order valence-electron chi connectivity index (χ2n) is 5.81. The molecule has 2 heterocycles. The van der Waals surface area contributed by atoms with E-state index in [1.165, 1.54) is 5.69 Å². The van der Waals surface area contributed by atoms with Gasteiger partial charge in [-0.1, -0.05) is 19.9 Å². The van der Waals surface area contributed by atoms with Gasteiger partial charge in [-0.2, -0.15) is 0 Å². The van der Waals surface area contributed by atoms with Crippen LogP contribution in [0.1, 0.15) is 31.7 Å². The summed E-state index contributed by atoms with van der Waals surface area (Å²) in [6.07, 6.45) is 2.86. The maximum atomic E-state index is 9.03. The highest BCUT2D eigenvalue weighted by molar-refractivity contribution is 5.42. The second kappa shape index (κ2) is 5.72. The second-order valence-corrected chi connectivity index (χ2v) is 5.81. The van der Waals surface area contributed by atoms with Gasteiger partial charge in [0, 0.05) is 25.9 Å². The van der Waals surface area contributed by atoms with Crippen LogP contribution < -0.4 is 5.32 Å².